The Hall–Kier alpha value is -4.00. The van der Waals surface area contributed by atoms with Crippen molar-refractivity contribution >= 4 is 28.9 Å². The first-order chi connectivity index (χ1) is 14.5. The normalized spacial score (nSPS) is 12.7. The average molecular weight is 401 g/mol. The van der Waals surface area contributed by atoms with Crippen molar-refractivity contribution in [2.45, 2.75) is 12.8 Å². The highest BCUT2D eigenvalue weighted by molar-refractivity contribution is 6.07. The fraction of sp³-hybridized carbons (Fsp3) is 0.130. The standard InChI is InChI=1S/C23H19N3O4/c27-22(16-8-11-20(12-9-16)26(29)30)24-19-10-13-21-18(15-19)7-4-14-25(21)23(28)17-5-2-1-3-6-17/h1-3,5-6,8-13,15H,4,7,14H2,(H,24,27). The molecule has 2 amide bonds. The smallest absolute Gasteiger partial charge is 0.269 e. The summed E-state index contributed by atoms with van der Waals surface area (Å²) in [6.07, 6.45) is 1.65. The number of non-ortho nitro benzene ring substituents is 1. The minimum absolute atomic E-state index is 0.0424. The van der Waals surface area contributed by atoms with Crippen LogP contribution in [0.3, 0.4) is 0 Å². The fourth-order valence-electron chi connectivity index (χ4n) is 3.56. The Morgan fingerprint density at radius 2 is 1.67 bits per heavy atom. The highest BCUT2D eigenvalue weighted by Gasteiger charge is 2.24. The van der Waals surface area contributed by atoms with E-state index in [1.807, 2.05) is 30.3 Å². The number of hydrogen-bond donors (Lipinski definition) is 1. The summed E-state index contributed by atoms with van der Waals surface area (Å²) in [6.45, 7) is 0.648. The lowest BCUT2D eigenvalue weighted by Crippen LogP contribution is -2.35. The molecule has 0 radical (unpaired) electrons. The van der Waals surface area contributed by atoms with Crippen molar-refractivity contribution in [3.8, 4) is 0 Å². The van der Waals surface area contributed by atoms with Crippen molar-refractivity contribution in [2.24, 2.45) is 0 Å². The van der Waals surface area contributed by atoms with Crippen LogP contribution in [0, 0.1) is 10.1 Å². The van der Waals surface area contributed by atoms with E-state index in [4.69, 9.17) is 0 Å². The molecule has 3 aromatic rings. The van der Waals surface area contributed by atoms with Crippen molar-refractivity contribution in [1.29, 1.82) is 0 Å². The van der Waals surface area contributed by atoms with Gasteiger partial charge in [-0.25, -0.2) is 0 Å². The van der Waals surface area contributed by atoms with E-state index in [2.05, 4.69) is 5.32 Å². The number of amides is 2. The van der Waals surface area contributed by atoms with Crippen molar-refractivity contribution in [1.82, 2.24) is 0 Å². The number of nitro benzene ring substituents is 1. The molecule has 4 rings (SSSR count). The number of nitro groups is 1. The second-order valence-electron chi connectivity index (χ2n) is 7.03. The largest absolute Gasteiger partial charge is 0.322 e. The Bertz CT molecular complexity index is 1110. The molecule has 0 fully saturated rings. The maximum absolute atomic E-state index is 12.9. The summed E-state index contributed by atoms with van der Waals surface area (Å²) in [6, 6.07) is 20.1. The Balaban J connectivity index is 1.53. The monoisotopic (exact) mass is 401 g/mol. The molecule has 0 bridgehead atoms. The van der Waals surface area contributed by atoms with E-state index in [-0.39, 0.29) is 17.5 Å². The van der Waals surface area contributed by atoms with E-state index in [1.54, 1.807) is 23.1 Å². The van der Waals surface area contributed by atoms with E-state index in [9.17, 15) is 19.7 Å². The van der Waals surface area contributed by atoms with Crippen LogP contribution in [0.5, 0.6) is 0 Å². The summed E-state index contributed by atoms with van der Waals surface area (Å²) < 4.78 is 0. The van der Waals surface area contributed by atoms with Gasteiger partial charge in [0.1, 0.15) is 0 Å². The second kappa shape index (κ2) is 8.16. The first kappa shape index (κ1) is 19.3. The highest BCUT2D eigenvalue weighted by atomic mass is 16.6. The second-order valence-corrected chi connectivity index (χ2v) is 7.03. The van der Waals surface area contributed by atoms with Crippen LogP contribution in [0.25, 0.3) is 0 Å². The van der Waals surface area contributed by atoms with Crippen LogP contribution in [0.2, 0.25) is 0 Å². The van der Waals surface area contributed by atoms with Gasteiger partial charge in [0, 0.05) is 41.2 Å². The lowest BCUT2D eigenvalue weighted by molar-refractivity contribution is -0.384. The number of aryl methyl sites for hydroxylation is 1. The summed E-state index contributed by atoms with van der Waals surface area (Å²) in [7, 11) is 0. The van der Waals surface area contributed by atoms with Crippen LogP contribution < -0.4 is 10.2 Å². The Morgan fingerprint density at radius 1 is 0.933 bits per heavy atom. The highest BCUT2D eigenvalue weighted by Crippen LogP contribution is 2.31. The van der Waals surface area contributed by atoms with E-state index < -0.39 is 4.92 Å². The topological polar surface area (TPSA) is 92.6 Å². The third kappa shape index (κ3) is 3.91. The number of fused-ring (bicyclic) bond motifs is 1. The molecule has 0 atom stereocenters. The molecule has 7 nitrogen and oxygen atoms in total. The molecule has 3 aromatic carbocycles. The van der Waals surface area contributed by atoms with Gasteiger partial charge in [-0.2, -0.15) is 0 Å². The maximum Gasteiger partial charge on any atom is 0.269 e. The van der Waals surface area contributed by atoms with Gasteiger partial charge in [0.15, 0.2) is 0 Å². The summed E-state index contributed by atoms with van der Waals surface area (Å²) >= 11 is 0. The molecule has 0 saturated carbocycles. The van der Waals surface area contributed by atoms with Gasteiger partial charge in [0.05, 0.1) is 4.92 Å². The van der Waals surface area contributed by atoms with E-state index in [0.29, 0.717) is 23.4 Å². The Morgan fingerprint density at radius 3 is 2.37 bits per heavy atom. The van der Waals surface area contributed by atoms with Crippen molar-refractivity contribution < 1.29 is 14.5 Å². The SMILES string of the molecule is O=C(Nc1ccc2c(c1)CCCN2C(=O)c1ccccc1)c1ccc([N+](=O)[O-])cc1. The Kier molecular flexibility index (Phi) is 5.26. The van der Waals surface area contributed by atoms with Gasteiger partial charge in [-0.15, -0.1) is 0 Å². The third-order valence-corrected chi connectivity index (χ3v) is 5.06. The lowest BCUT2D eigenvalue weighted by Gasteiger charge is -2.30. The van der Waals surface area contributed by atoms with Crippen LogP contribution in [-0.4, -0.2) is 23.3 Å². The number of carbonyl (C=O) groups is 2. The first-order valence-electron chi connectivity index (χ1n) is 9.58. The molecule has 7 heteroatoms. The molecule has 150 valence electrons. The number of nitrogens with zero attached hydrogens (tertiary/aromatic N) is 2. The molecule has 30 heavy (non-hydrogen) atoms. The van der Waals surface area contributed by atoms with Gasteiger partial charge < -0.3 is 10.2 Å². The quantitative estimate of drug-likeness (QED) is 0.517. The third-order valence-electron chi connectivity index (χ3n) is 5.06. The molecule has 1 N–H and O–H groups in total. The number of anilines is 2. The van der Waals surface area contributed by atoms with E-state index in [1.165, 1.54) is 24.3 Å². The molecular formula is C23H19N3O4. The minimum Gasteiger partial charge on any atom is -0.322 e. The zero-order valence-corrected chi connectivity index (χ0v) is 16.1. The van der Waals surface area contributed by atoms with E-state index in [0.717, 1.165) is 24.1 Å². The molecule has 0 spiro atoms. The summed E-state index contributed by atoms with van der Waals surface area (Å²) in [5.41, 5.74) is 3.37. The van der Waals surface area contributed by atoms with Gasteiger partial charge in [-0.1, -0.05) is 18.2 Å². The predicted molar refractivity (Wildman–Crippen MR) is 114 cm³/mol. The van der Waals surface area contributed by atoms with Crippen LogP contribution in [0.1, 0.15) is 32.7 Å². The van der Waals surface area contributed by atoms with Crippen LogP contribution >= 0.6 is 0 Å². The lowest BCUT2D eigenvalue weighted by atomic mass is 10.00. The number of hydrogen-bond acceptors (Lipinski definition) is 4. The molecule has 1 aliphatic heterocycles. The summed E-state index contributed by atoms with van der Waals surface area (Å²) in [4.78, 5) is 37.4. The average Bonchev–Trinajstić information content (AvgIpc) is 2.78. The summed E-state index contributed by atoms with van der Waals surface area (Å²) in [5.74, 6) is -0.392. The molecular weight excluding hydrogens is 382 g/mol. The van der Waals surface area contributed by atoms with Crippen molar-refractivity contribution in [3.63, 3.8) is 0 Å². The predicted octanol–water partition coefficient (Wildman–Crippen LogP) is 4.44. The fourth-order valence-corrected chi connectivity index (χ4v) is 3.56. The Labute approximate surface area is 173 Å². The number of carbonyl (C=O) groups excluding carboxylic acids is 2. The zero-order valence-electron chi connectivity index (χ0n) is 16.1. The molecule has 0 unspecified atom stereocenters. The molecule has 0 aromatic heterocycles. The van der Waals surface area contributed by atoms with Crippen LogP contribution in [-0.2, 0) is 6.42 Å². The number of rotatable bonds is 4. The van der Waals surface area contributed by atoms with Crippen molar-refractivity contribution in [2.75, 3.05) is 16.8 Å². The van der Waals surface area contributed by atoms with Gasteiger partial charge >= 0.3 is 0 Å². The first-order valence-corrected chi connectivity index (χ1v) is 9.58. The molecule has 1 aliphatic rings. The maximum atomic E-state index is 12.9. The molecule has 0 aliphatic carbocycles. The van der Waals surface area contributed by atoms with Gasteiger partial charge in [0.25, 0.3) is 17.5 Å². The number of benzene rings is 3. The van der Waals surface area contributed by atoms with Gasteiger partial charge in [-0.3, -0.25) is 19.7 Å². The van der Waals surface area contributed by atoms with E-state index >= 15 is 0 Å². The molecule has 0 saturated heterocycles. The van der Waals surface area contributed by atoms with Crippen LogP contribution in [0.15, 0.2) is 72.8 Å². The molecule has 1 heterocycles. The van der Waals surface area contributed by atoms with Gasteiger partial charge in [0.2, 0.25) is 0 Å². The van der Waals surface area contributed by atoms with Gasteiger partial charge in [-0.05, 0) is 60.9 Å². The summed E-state index contributed by atoms with van der Waals surface area (Å²) in [5, 5.41) is 13.6. The van der Waals surface area contributed by atoms with Crippen molar-refractivity contribution in [3.05, 3.63) is 99.6 Å². The van der Waals surface area contributed by atoms with Crippen LogP contribution in [0.4, 0.5) is 17.1 Å². The minimum atomic E-state index is -0.506. The number of nitrogens with one attached hydrogen (secondary N) is 1. The zero-order chi connectivity index (χ0) is 21.1.